The van der Waals surface area contributed by atoms with Gasteiger partial charge in [-0.25, -0.2) is 0 Å². The Morgan fingerprint density at radius 3 is 2.38 bits per heavy atom. The molecule has 2 aromatic carbocycles. The fraction of sp³-hybridized carbons (Fsp3) is 0.250. The molecule has 1 aliphatic rings. The summed E-state index contributed by atoms with van der Waals surface area (Å²) >= 11 is 0. The highest BCUT2D eigenvalue weighted by Crippen LogP contribution is 2.22. The zero-order chi connectivity index (χ0) is 20.4. The van der Waals surface area contributed by atoms with Crippen LogP contribution in [0.2, 0.25) is 0 Å². The molecular formula is C24H24N2O3. The Kier molecular flexibility index (Phi) is 5.21. The summed E-state index contributed by atoms with van der Waals surface area (Å²) < 4.78 is 7.56. The maximum absolute atomic E-state index is 12.9. The minimum absolute atomic E-state index is 0.0101. The molecule has 0 bridgehead atoms. The number of pyridine rings is 1. The topological polar surface area (TPSA) is 51.5 Å². The van der Waals surface area contributed by atoms with Gasteiger partial charge in [0.2, 0.25) is 0 Å². The van der Waals surface area contributed by atoms with Crippen molar-refractivity contribution >= 4 is 5.91 Å². The quantitative estimate of drug-likeness (QED) is 0.685. The van der Waals surface area contributed by atoms with Gasteiger partial charge < -0.3 is 14.2 Å². The van der Waals surface area contributed by atoms with Crippen LogP contribution >= 0.6 is 0 Å². The van der Waals surface area contributed by atoms with Crippen LogP contribution in [0.5, 0.6) is 5.75 Å². The van der Waals surface area contributed by atoms with E-state index in [1.807, 2.05) is 60.4 Å². The lowest BCUT2D eigenvalue weighted by molar-refractivity contribution is 0.0772. The minimum atomic E-state index is -0.103. The maximum atomic E-state index is 12.9. The van der Waals surface area contributed by atoms with Crippen LogP contribution in [0.4, 0.5) is 0 Å². The number of nitrogens with zero attached hydrogens (tertiary/aromatic N) is 2. The Morgan fingerprint density at radius 2 is 1.69 bits per heavy atom. The predicted molar refractivity (Wildman–Crippen MR) is 113 cm³/mol. The molecule has 1 atom stereocenters. The number of benzene rings is 2. The van der Waals surface area contributed by atoms with Gasteiger partial charge in [-0.3, -0.25) is 9.59 Å². The largest absolute Gasteiger partial charge is 0.488 e. The number of rotatable bonds is 4. The number of hydrogen-bond donors (Lipinski definition) is 0. The van der Waals surface area contributed by atoms with Crippen LogP contribution in [-0.4, -0.2) is 34.6 Å². The van der Waals surface area contributed by atoms with Crippen molar-refractivity contribution in [1.82, 2.24) is 9.47 Å². The van der Waals surface area contributed by atoms with Gasteiger partial charge in [0, 0.05) is 37.3 Å². The number of hydrogen-bond acceptors (Lipinski definition) is 3. The Labute approximate surface area is 170 Å². The van der Waals surface area contributed by atoms with Crippen LogP contribution in [0.1, 0.15) is 22.5 Å². The summed E-state index contributed by atoms with van der Waals surface area (Å²) in [5.74, 6) is 0.577. The van der Waals surface area contributed by atoms with E-state index in [0.29, 0.717) is 24.4 Å². The second kappa shape index (κ2) is 7.95. The van der Waals surface area contributed by atoms with Crippen molar-refractivity contribution < 1.29 is 9.53 Å². The van der Waals surface area contributed by atoms with Gasteiger partial charge in [0.05, 0.1) is 6.54 Å². The fourth-order valence-electron chi connectivity index (χ4n) is 3.62. The van der Waals surface area contributed by atoms with Crippen LogP contribution < -0.4 is 10.3 Å². The summed E-state index contributed by atoms with van der Waals surface area (Å²) in [5.41, 5.74) is 3.65. The van der Waals surface area contributed by atoms with E-state index in [-0.39, 0.29) is 17.6 Å². The van der Waals surface area contributed by atoms with Crippen LogP contribution in [-0.2, 0) is 7.05 Å². The van der Waals surface area contributed by atoms with Crippen molar-refractivity contribution in [3.05, 3.63) is 88.3 Å². The number of amides is 1. The van der Waals surface area contributed by atoms with Gasteiger partial charge in [-0.15, -0.1) is 0 Å². The lowest BCUT2D eigenvalue weighted by atomic mass is 10.0. The number of ether oxygens (including phenoxy) is 1. The highest BCUT2D eigenvalue weighted by molar-refractivity contribution is 5.95. The minimum Gasteiger partial charge on any atom is -0.488 e. The standard InChI is InChI=1S/C24H24N2O3/c1-17-14-22(15-23(27)25(17)2)29-21-12-13-26(16-21)24(28)20-10-8-19(9-11-20)18-6-4-3-5-7-18/h3-11,14-15,21H,12-13,16H2,1-2H3. The van der Waals surface area contributed by atoms with Crippen molar-refractivity contribution in [1.29, 1.82) is 0 Å². The highest BCUT2D eigenvalue weighted by atomic mass is 16.5. The first kappa shape index (κ1) is 19.0. The Morgan fingerprint density at radius 1 is 1.00 bits per heavy atom. The summed E-state index contributed by atoms with van der Waals surface area (Å²) in [5, 5.41) is 0. The third kappa shape index (κ3) is 4.09. The zero-order valence-electron chi connectivity index (χ0n) is 16.7. The molecule has 4 rings (SSSR count). The van der Waals surface area contributed by atoms with Gasteiger partial charge in [-0.05, 0) is 36.2 Å². The van der Waals surface area contributed by atoms with E-state index in [1.54, 1.807) is 11.6 Å². The number of aryl methyl sites for hydroxylation is 1. The number of likely N-dealkylation sites (tertiary alicyclic amines) is 1. The first-order valence-electron chi connectivity index (χ1n) is 9.80. The van der Waals surface area contributed by atoms with Crippen LogP contribution in [0.25, 0.3) is 11.1 Å². The van der Waals surface area contributed by atoms with E-state index >= 15 is 0 Å². The first-order valence-corrected chi connectivity index (χ1v) is 9.80. The molecule has 1 amide bonds. The zero-order valence-corrected chi connectivity index (χ0v) is 16.7. The molecule has 1 unspecified atom stereocenters. The Balaban J connectivity index is 1.41. The number of carbonyl (C=O) groups excluding carboxylic acids is 1. The number of aromatic nitrogens is 1. The van der Waals surface area contributed by atoms with Crippen LogP contribution in [0.15, 0.2) is 71.5 Å². The van der Waals surface area contributed by atoms with E-state index in [9.17, 15) is 9.59 Å². The lowest BCUT2D eigenvalue weighted by Crippen LogP contribution is -2.31. The summed E-state index contributed by atoms with van der Waals surface area (Å²) in [7, 11) is 1.74. The van der Waals surface area contributed by atoms with Gasteiger partial charge in [0.1, 0.15) is 11.9 Å². The van der Waals surface area contributed by atoms with E-state index in [2.05, 4.69) is 12.1 Å². The summed E-state index contributed by atoms with van der Waals surface area (Å²) in [4.78, 5) is 26.6. The molecule has 5 nitrogen and oxygen atoms in total. The Hall–Kier alpha value is -3.34. The maximum Gasteiger partial charge on any atom is 0.254 e. The van der Waals surface area contributed by atoms with E-state index in [0.717, 1.165) is 23.2 Å². The van der Waals surface area contributed by atoms with Crippen molar-refractivity contribution in [2.75, 3.05) is 13.1 Å². The van der Waals surface area contributed by atoms with E-state index < -0.39 is 0 Å². The lowest BCUT2D eigenvalue weighted by Gasteiger charge is -2.18. The van der Waals surface area contributed by atoms with E-state index in [1.165, 1.54) is 6.07 Å². The summed E-state index contributed by atoms with van der Waals surface area (Å²) in [6.45, 7) is 3.04. The number of carbonyl (C=O) groups is 1. The molecule has 0 radical (unpaired) electrons. The predicted octanol–water partition coefficient (Wildman–Crippen LogP) is 3.65. The second-order valence-electron chi connectivity index (χ2n) is 7.45. The van der Waals surface area contributed by atoms with Crippen LogP contribution in [0.3, 0.4) is 0 Å². The molecule has 148 valence electrons. The third-order valence-corrected chi connectivity index (χ3v) is 5.45. The molecule has 0 aliphatic carbocycles. The molecule has 1 aliphatic heterocycles. The summed E-state index contributed by atoms with van der Waals surface area (Å²) in [6.07, 6.45) is 0.649. The smallest absolute Gasteiger partial charge is 0.254 e. The molecular weight excluding hydrogens is 364 g/mol. The molecule has 0 spiro atoms. The molecule has 29 heavy (non-hydrogen) atoms. The van der Waals surface area contributed by atoms with Gasteiger partial charge in [-0.2, -0.15) is 0 Å². The molecule has 0 N–H and O–H groups in total. The van der Waals surface area contributed by atoms with Gasteiger partial charge >= 0.3 is 0 Å². The molecule has 1 aromatic heterocycles. The van der Waals surface area contributed by atoms with Crippen molar-refractivity contribution in [3.8, 4) is 16.9 Å². The fourth-order valence-corrected chi connectivity index (χ4v) is 3.62. The van der Waals surface area contributed by atoms with Gasteiger partial charge in [0.15, 0.2) is 0 Å². The molecule has 3 aromatic rings. The van der Waals surface area contributed by atoms with Crippen LogP contribution in [0, 0.1) is 6.92 Å². The average Bonchev–Trinajstić information content (AvgIpc) is 3.20. The second-order valence-corrected chi connectivity index (χ2v) is 7.45. The first-order chi connectivity index (χ1) is 14.0. The average molecular weight is 388 g/mol. The SMILES string of the molecule is Cc1cc(OC2CCN(C(=O)c3ccc(-c4ccccc4)cc3)C2)cc(=O)n1C. The van der Waals surface area contributed by atoms with Crippen molar-refractivity contribution in [3.63, 3.8) is 0 Å². The van der Waals surface area contributed by atoms with Gasteiger partial charge in [-0.1, -0.05) is 42.5 Å². The van der Waals surface area contributed by atoms with Gasteiger partial charge in [0.25, 0.3) is 11.5 Å². The molecule has 1 saturated heterocycles. The van der Waals surface area contributed by atoms with Crippen molar-refractivity contribution in [2.45, 2.75) is 19.4 Å². The monoisotopic (exact) mass is 388 g/mol. The Bertz CT molecular complexity index is 1070. The van der Waals surface area contributed by atoms with Crippen molar-refractivity contribution in [2.24, 2.45) is 7.05 Å². The highest BCUT2D eigenvalue weighted by Gasteiger charge is 2.28. The summed E-state index contributed by atoms with van der Waals surface area (Å²) in [6, 6.07) is 21.2. The van der Waals surface area contributed by atoms with E-state index in [4.69, 9.17) is 4.74 Å². The molecule has 1 fully saturated rings. The molecule has 5 heteroatoms. The molecule has 0 saturated carbocycles. The molecule has 2 heterocycles. The normalized spacial score (nSPS) is 16.1. The third-order valence-electron chi connectivity index (χ3n) is 5.45.